The van der Waals surface area contributed by atoms with Gasteiger partial charge in [0, 0.05) is 18.8 Å². The van der Waals surface area contributed by atoms with Gasteiger partial charge in [-0.1, -0.05) is 0 Å². The first kappa shape index (κ1) is 17.7. The van der Waals surface area contributed by atoms with Gasteiger partial charge in [-0.3, -0.25) is 0 Å². The van der Waals surface area contributed by atoms with Crippen LogP contribution in [0, 0.1) is 5.82 Å². The molecular weight excluding hydrogens is 349 g/mol. The summed E-state index contributed by atoms with van der Waals surface area (Å²) in [6.45, 7) is 4.48. The monoisotopic (exact) mass is 369 g/mol. The smallest absolute Gasteiger partial charge is 0.316 e. The highest BCUT2D eigenvalue weighted by Gasteiger charge is 2.33. The molecule has 136 valence electrons. The first-order valence-electron chi connectivity index (χ1n) is 8.04. The lowest BCUT2D eigenvalue weighted by Crippen LogP contribution is -2.44. The van der Waals surface area contributed by atoms with Crippen LogP contribution in [0.25, 0.3) is 0 Å². The molecule has 1 aliphatic heterocycles. The number of aromatic nitrogens is 4. The Bertz CT molecular complexity index is 822. The van der Waals surface area contributed by atoms with E-state index >= 15 is 0 Å². The van der Waals surface area contributed by atoms with Gasteiger partial charge >= 0.3 is 6.01 Å². The molecule has 25 heavy (non-hydrogen) atoms. The van der Waals surface area contributed by atoms with E-state index in [1.54, 1.807) is 4.57 Å². The summed E-state index contributed by atoms with van der Waals surface area (Å²) in [5.41, 5.74) is 0. The first-order valence-corrected chi connectivity index (χ1v) is 9.48. The van der Waals surface area contributed by atoms with Crippen LogP contribution in [0.5, 0.6) is 6.01 Å². The first-order chi connectivity index (χ1) is 11.9. The van der Waals surface area contributed by atoms with Crippen LogP contribution in [-0.4, -0.2) is 51.4 Å². The van der Waals surface area contributed by atoms with Gasteiger partial charge in [-0.05, 0) is 26.7 Å². The molecule has 3 rings (SSSR count). The average molecular weight is 369 g/mol. The molecule has 0 aromatic carbocycles. The zero-order chi connectivity index (χ0) is 18.0. The Balaban J connectivity index is 1.72. The molecule has 0 amide bonds. The Kier molecular flexibility index (Phi) is 5.00. The van der Waals surface area contributed by atoms with Crippen LogP contribution in [-0.2, 0) is 10.0 Å². The van der Waals surface area contributed by atoms with Crippen molar-refractivity contribution in [3.05, 3.63) is 30.7 Å². The molecule has 0 radical (unpaired) electrons. The molecule has 0 spiro atoms. The fourth-order valence-electron chi connectivity index (χ4n) is 2.60. The summed E-state index contributed by atoms with van der Waals surface area (Å²) < 4.78 is 47.1. The van der Waals surface area contributed by atoms with E-state index in [0.29, 0.717) is 19.4 Å². The number of hydrogen-bond donors (Lipinski definition) is 0. The summed E-state index contributed by atoms with van der Waals surface area (Å²) >= 11 is 0. The minimum absolute atomic E-state index is 0.0277. The van der Waals surface area contributed by atoms with Gasteiger partial charge in [-0.15, -0.1) is 0 Å². The Morgan fingerprint density at radius 3 is 2.64 bits per heavy atom. The third-order valence-electron chi connectivity index (χ3n) is 3.99. The number of nitrogens with zero attached hydrogens (tertiary/aromatic N) is 5. The molecule has 0 unspecified atom stereocenters. The van der Waals surface area contributed by atoms with Gasteiger partial charge in [0.15, 0.2) is 10.8 Å². The molecule has 2 aromatic heterocycles. The molecule has 1 atom stereocenters. The van der Waals surface area contributed by atoms with Gasteiger partial charge in [0.1, 0.15) is 6.10 Å². The Morgan fingerprint density at radius 1 is 1.28 bits per heavy atom. The molecular formula is C15H20FN5O3S. The number of rotatable bonds is 5. The Labute approximate surface area is 145 Å². The lowest BCUT2D eigenvalue weighted by atomic mass is 10.1. The fraction of sp³-hybridized carbons (Fsp3) is 0.533. The van der Waals surface area contributed by atoms with Crippen LogP contribution >= 0.6 is 0 Å². The SMILES string of the molecule is CC(C)n1cnc(S(=O)(=O)N2CCC[C@@H](Oc3ncc(F)cn3)C2)c1. The van der Waals surface area contributed by atoms with Gasteiger partial charge in [-0.25, -0.2) is 27.8 Å². The fourth-order valence-corrected chi connectivity index (χ4v) is 4.03. The maximum absolute atomic E-state index is 12.9. The molecule has 8 nitrogen and oxygen atoms in total. The van der Waals surface area contributed by atoms with Crippen molar-refractivity contribution >= 4 is 10.0 Å². The van der Waals surface area contributed by atoms with Gasteiger partial charge in [0.2, 0.25) is 0 Å². The summed E-state index contributed by atoms with van der Waals surface area (Å²) in [7, 11) is -3.69. The highest BCUT2D eigenvalue weighted by Crippen LogP contribution is 2.22. The number of ether oxygens (including phenoxy) is 1. The summed E-state index contributed by atoms with van der Waals surface area (Å²) in [4.78, 5) is 11.5. The molecule has 1 aliphatic rings. The normalized spacial score (nSPS) is 19.3. The van der Waals surface area contributed by atoms with E-state index in [2.05, 4.69) is 15.0 Å². The second-order valence-corrected chi connectivity index (χ2v) is 8.07. The molecule has 2 aromatic rings. The number of sulfonamides is 1. The summed E-state index contributed by atoms with van der Waals surface area (Å²) in [5, 5.41) is 0.0277. The molecule has 0 N–H and O–H groups in total. The lowest BCUT2D eigenvalue weighted by Gasteiger charge is -2.30. The van der Waals surface area contributed by atoms with E-state index in [1.807, 2.05) is 13.8 Å². The van der Waals surface area contributed by atoms with Crippen molar-refractivity contribution in [2.75, 3.05) is 13.1 Å². The number of hydrogen-bond acceptors (Lipinski definition) is 6. The largest absolute Gasteiger partial charge is 0.459 e. The van der Waals surface area contributed by atoms with Crippen molar-refractivity contribution in [2.45, 2.75) is 43.9 Å². The van der Waals surface area contributed by atoms with Crippen molar-refractivity contribution in [2.24, 2.45) is 0 Å². The van der Waals surface area contributed by atoms with Gasteiger partial charge in [0.25, 0.3) is 10.0 Å². The maximum atomic E-state index is 12.9. The Morgan fingerprint density at radius 2 is 2.00 bits per heavy atom. The number of piperidine rings is 1. The quantitative estimate of drug-likeness (QED) is 0.796. The molecule has 1 saturated heterocycles. The summed E-state index contributed by atoms with van der Waals surface area (Å²) in [6, 6.07) is 0.166. The van der Waals surface area contributed by atoms with Gasteiger partial charge in [0.05, 0.1) is 25.3 Å². The van der Waals surface area contributed by atoms with Crippen molar-refractivity contribution in [3.63, 3.8) is 0 Å². The highest BCUT2D eigenvalue weighted by atomic mass is 32.2. The highest BCUT2D eigenvalue weighted by molar-refractivity contribution is 7.89. The van der Waals surface area contributed by atoms with E-state index in [9.17, 15) is 12.8 Å². The molecule has 0 saturated carbocycles. The minimum atomic E-state index is -3.69. The predicted molar refractivity (Wildman–Crippen MR) is 87.0 cm³/mol. The topological polar surface area (TPSA) is 90.2 Å². The third kappa shape index (κ3) is 3.96. The number of imidazole rings is 1. The third-order valence-corrected chi connectivity index (χ3v) is 5.74. The maximum Gasteiger partial charge on any atom is 0.316 e. The average Bonchev–Trinajstić information content (AvgIpc) is 3.08. The van der Waals surface area contributed by atoms with Crippen LogP contribution in [0.2, 0.25) is 0 Å². The van der Waals surface area contributed by atoms with Crippen LogP contribution < -0.4 is 4.74 Å². The van der Waals surface area contributed by atoms with Crippen molar-refractivity contribution < 1.29 is 17.5 Å². The predicted octanol–water partition coefficient (Wildman–Crippen LogP) is 1.63. The van der Waals surface area contributed by atoms with E-state index in [4.69, 9.17) is 4.74 Å². The van der Waals surface area contributed by atoms with E-state index in [0.717, 1.165) is 12.4 Å². The number of halogens is 1. The zero-order valence-corrected chi connectivity index (χ0v) is 14.9. The van der Waals surface area contributed by atoms with Gasteiger partial charge < -0.3 is 9.30 Å². The summed E-state index contributed by atoms with van der Waals surface area (Å²) in [6.07, 6.45) is 6.01. The summed E-state index contributed by atoms with van der Waals surface area (Å²) in [5.74, 6) is -0.555. The minimum Gasteiger partial charge on any atom is -0.459 e. The van der Waals surface area contributed by atoms with Crippen LogP contribution in [0.3, 0.4) is 0 Å². The van der Waals surface area contributed by atoms with Gasteiger partial charge in [-0.2, -0.15) is 4.31 Å². The van der Waals surface area contributed by atoms with Crippen LogP contribution in [0.15, 0.2) is 29.9 Å². The Hall–Kier alpha value is -2.07. The zero-order valence-electron chi connectivity index (χ0n) is 14.0. The van der Waals surface area contributed by atoms with Crippen molar-refractivity contribution in [1.29, 1.82) is 0 Å². The van der Waals surface area contributed by atoms with Crippen LogP contribution in [0.1, 0.15) is 32.7 Å². The molecule has 0 bridgehead atoms. The van der Waals surface area contributed by atoms with E-state index in [-0.39, 0.29) is 29.7 Å². The molecule has 1 fully saturated rings. The molecule has 10 heteroatoms. The van der Waals surface area contributed by atoms with Crippen LogP contribution in [0.4, 0.5) is 4.39 Å². The van der Waals surface area contributed by atoms with Crippen molar-refractivity contribution in [1.82, 2.24) is 23.8 Å². The van der Waals surface area contributed by atoms with Crippen molar-refractivity contribution in [3.8, 4) is 6.01 Å². The van der Waals surface area contributed by atoms with E-state index in [1.165, 1.54) is 16.8 Å². The second-order valence-electron chi connectivity index (χ2n) is 6.18. The molecule has 3 heterocycles. The standard InChI is InChI=1S/C15H20FN5O3S/c1-11(2)20-9-14(19-10-20)25(22,23)21-5-3-4-13(8-21)24-15-17-6-12(16)7-18-15/h6-7,9-11,13H,3-5,8H2,1-2H3/t13-/m1/s1. The van der Waals surface area contributed by atoms with E-state index < -0.39 is 15.8 Å². The molecule has 0 aliphatic carbocycles. The second kappa shape index (κ2) is 7.04. The lowest BCUT2D eigenvalue weighted by molar-refractivity contribution is 0.118.